The van der Waals surface area contributed by atoms with Crippen LogP contribution in [-0.4, -0.2) is 5.97 Å². The van der Waals surface area contributed by atoms with Gasteiger partial charge in [0.25, 0.3) is 0 Å². The molecule has 0 aromatic carbocycles. The number of hydrogen-bond donors (Lipinski definition) is 0. The minimum absolute atomic E-state index is 0. The second kappa shape index (κ2) is 5.97. The van der Waals surface area contributed by atoms with E-state index in [2.05, 4.69) is 0 Å². The Morgan fingerprint density at radius 2 is 2.00 bits per heavy atom. The third-order valence-electron chi connectivity index (χ3n) is 0.755. The van der Waals surface area contributed by atoms with Crippen molar-refractivity contribution in [1.82, 2.24) is 0 Å². The molecule has 0 spiro atoms. The van der Waals surface area contributed by atoms with Crippen LogP contribution in [0.1, 0.15) is 13.8 Å². The van der Waals surface area contributed by atoms with Gasteiger partial charge in [0.05, 0.1) is 5.97 Å². The van der Waals surface area contributed by atoms with Gasteiger partial charge in [-0.15, -0.1) is 0 Å². The second-order valence-electron chi connectivity index (χ2n) is 1.26. The van der Waals surface area contributed by atoms with E-state index in [9.17, 15) is 9.90 Å². The van der Waals surface area contributed by atoms with Crippen LogP contribution >= 0.6 is 0 Å². The van der Waals surface area contributed by atoms with Gasteiger partial charge in [0.1, 0.15) is 0 Å². The van der Waals surface area contributed by atoms with Gasteiger partial charge in [-0.3, -0.25) is 0 Å². The molecule has 0 unspecified atom stereocenters. The van der Waals surface area contributed by atoms with Gasteiger partial charge >= 0.3 is 51.4 Å². The van der Waals surface area contributed by atoms with Crippen LogP contribution in [0, 0.1) is 0 Å². The molecule has 0 aromatic heterocycles. The molecule has 0 radical (unpaired) electrons. The van der Waals surface area contributed by atoms with Gasteiger partial charge in [-0.2, -0.15) is 0 Å². The number of rotatable bonds is 1. The SMILES string of the molecule is CC=C(C)C(=O)[O-].[K+]. The van der Waals surface area contributed by atoms with Gasteiger partial charge in [0.15, 0.2) is 0 Å². The predicted molar refractivity (Wildman–Crippen MR) is 24.4 cm³/mol. The predicted octanol–water partition coefficient (Wildman–Crippen LogP) is -3.29. The Kier molecular flexibility index (Phi) is 8.68. The molecule has 0 rings (SSSR count). The molecule has 0 N–H and O–H groups in total. The fraction of sp³-hybridized carbons (Fsp3) is 0.400. The summed E-state index contributed by atoms with van der Waals surface area (Å²) in [6.07, 6.45) is 1.50. The molecule has 0 bridgehead atoms. The van der Waals surface area contributed by atoms with Gasteiger partial charge in [-0.25, -0.2) is 0 Å². The number of hydrogen-bond acceptors (Lipinski definition) is 2. The first-order valence-corrected chi connectivity index (χ1v) is 2.02. The summed E-state index contributed by atoms with van der Waals surface area (Å²) >= 11 is 0. The molecule has 0 atom stereocenters. The van der Waals surface area contributed by atoms with Crippen LogP contribution in [0.5, 0.6) is 0 Å². The van der Waals surface area contributed by atoms with Crippen molar-refractivity contribution < 1.29 is 61.3 Å². The smallest absolute Gasteiger partial charge is 0.545 e. The summed E-state index contributed by atoms with van der Waals surface area (Å²) in [5, 5.41) is 9.75. The van der Waals surface area contributed by atoms with E-state index in [-0.39, 0.29) is 57.0 Å². The summed E-state index contributed by atoms with van der Waals surface area (Å²) in [6.45, 7) is 3.15. The van der Waals surface area contributed by atoms with Gasteiger partial charge < -0.3 is 9.90 Å². The Labute approximate surface area is 91.4 Å². The van der Waals surface area contributed by atoms with Gasteiger partial charge in [-0.05, 0) is 19.4 Å². The minimum atomic E-state index is -1.09. The number of carboxylic acid groups (broad SMARTS) is 1. The zero-order valence-electron chi connectivity index (χ0n) is 5.39. The molecule has 0 amide bonds. The molecule has 3 heteroatoms. The van der Waals surface area contributed by atoms with Crippen LogP contribution in [0.2, 0.25) is 0 Å². The van der Waals surface area contributed by atoms with E-state index in [1.54, 1.807) is 6.92 Å². The molecule has 0 aliphatic heterocycles. The van der Waals surface area contributed by atoms with Crippen molar-refractivity contribution in [2.75, 3.05) is 0 Å². The summed E-state index contributed by atoms with van der Waals surface area (Å²) in [5.74, 6) is -1.09. The van der Waals surface area contributed by atoms with Crippen LogP contribution in [-0.2, 0) is 4.79 Å². The third kappa shape index (κ3) is 4.99. The third-order valence-corrected chi connectivity index (χ3v) is 0.755. The van der Waals surface area contributed by atoms with Crippen LogP contribution in [0.4, 0.5) is 0 Å². The van der Waals surface area contributed by atoms with E-state index in [0.29, 0.717) is 0 Å². The number of carbonyl (C=O) groups excluding carboxylic acids is 1. The zero-order valence-corrected chi connectivity index (χ0v) is 8.52. The Bertz CT molecular complexity index is 107. The maximum absolute atomic E-state index is 9.75. The van der Waals surface area contributed by atoms with Crippen molar-refractivity contribution in [2.24, 2.45) is 0 Å². The number of carbonyl (C=O) groups is 1. The molecule has 0 fully saturated rings. The minimum Gasteiger partial charge on any atom is -0.545 e. The van der Waals surface area contributed by atoms with Crippen molar-refractivity contribution in [3.63, 3.8) is 0 Å². The molecule has 2 nitrogen and oxygen atoms in total. The fourth-order valence-corrected chi connectivity index (χ4v) is 0.118. The first kappa shape index (κ1) is 11.6. The monoisotopic (exact) mass is 138 g/mol. The van der Waals surface area contributed by atoms with E-state index in [1.165, 1.54) is 13.0 Å². The standard InChI is InChI=1S/C5H8O2.K/c1-3-4(2)5(6)7;/h3H,1-2H3,(H,6,7);/q;+1/p-1. The maximum atomic E-state index is 9.75. The summed E-state index contributed by atoms with van der Waals surface area (Å²) in [5.41, 5.74) is 0.278. The second-order valence-corrected chi connectivity index (χ2v) is 1.26. The molecule has 0 aromatic rings. The molecular weight excluding hydrogens is 131 g/mol. The largest absolute Gasteiger partial charge is 1.00 e. The van der Waals surface area contributed by atoms with Crippen LogP contribution in [0.25, 0.3) is 0 Å². The van der Waals surface area contributed by atoms with Crippen molar-refractivity contribution in [1.29, 1.82) is 0 Å². The quantitative estimate of drug-likeness (QED) is 0.281. The van der Waals surface area contributed by atoms with Gasteiger partial charge in [-0.1, -0.05) is 6.08 Å². The Morgan fingerprint density at radius 1 is 1.62 bits per heavy atom. The molecule has 0 heterocycles. The van der Waals surface area contributed by atoms with Crippen LogP contribution < -0.4 is 56.5 Å². The summed E-state index contributed by atoms with van der Waals surface area (Å²) in [4.78, 5) is 9.75. The first-order chi connectivity index (χ1) is 3.18. The van der Waals surface area contributed by atoms with E-state index >= 15 is 0 Å². The Morgan fingerprint density at radius 3 is 2.00 bits per heavy atom. The van der Waals surface area contributed by atoms with Gasteiger partial charge in [0.2, 0.25) is 0 Å². The van der Waals surface area contributed by atoms with Gasteiger partial charge in [0, 0.05) is 0 Å². The number of carboxylic acids is 1. The molecule has 0 saturated heterocycles. The Balaban J connectivity index is 0. The van der Waals surface area contributed by atoms with Crippen molar-refractivity contribution in [3.8, 4) is 0 Å². The van der Waals surface area contributed by atoms with E-state index in [0.717, 1.165) is 0 Å². The zero-order chi connectivity index (χ0) is 5.86. The first-order valence-electron chi connectivity index (χ1n) is 2.02. The number of aliphatic carboxylic acids is 1. The molecular formula is C5H7KO2. The van der Waals surface area contributed by atoms with Crippen molar-refractivity contribution >= 4 is 5.97 Å². The fourth-order valence-electron chi connectivity index (χ4n) is 0.118. The molecule has 8 heavy (non-hydrogen) atoms. The summed E-state index contributed by atoms with van der Waals surface area (Å²) in [7, 11) is 0. The molecule has 40 valence electrons. The average Bonchev–Trinajstić information content (AvgIpc) is 1.65. The molecule has 0 aliphatic carbocycles. The Hall–Kier alpha value is 0.846. The van der Waals surface area contributed by atoms with Crippen LogP contribution in [0.15, 0.2) is 11.6 Å². The van der Waals surface area contributed by atoms with Crippen molar-refractivity contribution in [2.45, 2.75) is 13.8 Å². The summed E-state index contributed by atoms with van der Waals surface area (Å²) in [6, 6.07) is 0. The summed E-state index contributed by atoms with van der Waals surface area (Å²) < 4.78 is 0. The van der Waals surface area contributed by atoms with Crippen molar-refractivity contribution in [3.05, 3.63) is 11.6 Å². The maximum Gasteiger partial charge on any atom is 1.00 e. The van der Waals surface area contributed by atoms with Crippen LogP contribution in [0.3, 0.4) is 0 Å². The van der Waals surface area contributed by atoms with E-state index in [1.807, 2.05) is 0 Å². The molecule has 0 aliphatic rings. The normalized spacial score (nSPS) is 10.0. The topological polar surface area (TPSA) is 40.1 Å². The molecule has 0 saturated carbocycles. The average molecular weight is 138 g/mol. The number of allylic oxidation sites excluding steroid dienone is 1. The van der Waals surface area contributed by atoms with E-state index in [4.69, 9.17) is 0 Å². The van der Waals surface area contributed by atoms with E-state index < -0.39 is 5.97 Å².